The molecule has 1 heterocycles. The molecule has 0 aliphatic heterocycles. The molecule has 2 aromatic rings. The molecule has 1 N–H and O–H groups in total. The molecule has 0 radical (unpaired) electrons. The highest BCUT2D eigenvalue weighted by atomic mass is 16.6. The van der Waals surface area contributed by atoms with Gasteiger partial charge in [-0.1, -0.05) is 0 Å². The number of nitro groups is 1. The maximum absolute atomic E-state index is 10.9. The van der Waals surface area contributed by atoms with E-state index in [-0.39, 0.29) is 11.3 Å². The minimum absolute atomic E-state index is 0.122. The Morgan fingerprint density at radius 2 is 2.11 bits per heavy atom. The molecule has 0 saturated heterocycles. The minimum atomic E-state index is -1.20. The molecule has 0 fully saturated rings. The molecule has 1 aromatic carbocycles. The van der Waals surface area contributed by atoms with E-state index in [1.54, 1.807) is 13.2 Å². The van der Waals surface area contributed by atoms with Crippen LogP contribution in [0.15, 0.2) is 30.6 Å². The summed E-state index contributed by atoms with van der Waals surface area (Å²) in [4.78, 5) is 21.1. The Hall–Kier alpha value is -2.70. The topological polar surface area (TPSA) is 98.3 Å². The number of non-ortho nitro benzene ring substituents is 1. The van der Waals surface area contributed by atoms with Crippen molar-refractivity contribution in [3.63, 3.8) is 0 Å². The number of carboxylic acid groups (broad SMARTS) is 1. The van der Waals surface area contributed by atoms with Crippen molar-refractivity contribution in [3.05, 3.63) is 46.3 Å². The summed E-state index contributed by atoms with van der Waals surface area (Å²) in [6.07, 6.45) is 3.18. The van der Waals surface area contributed by atoms with Gasteiger partial charge in [-0.25, -0.2) is 4.79 Å². The van der Waals surface area contributed by atoms with Crippen LogP contribution in [0, 0.1) is 10.1 Å². The molecule has 0 amide bonds. The first-order valence-electron chi connectivity index (χ1n) is 4.99. The van der Waals surface area contributed by atoms with Crippen LogP contribution in [0.25, 0.3) is 11.1 Å². The van der Waals surface area contributed by atoms with Crippen molar-refractivity contribution in [1.29, 1.82) is 0 Å². The standard InChI is InChI=1S/C11H9N3O4/c1-13-6-9(5-12-13)7-2-8(11(15)16)4-10(3-7)14(17)18/h2-6H,1H3,(H,15,16). The van der Waals surface area contributed by atoms with Gasteiger partial charge in [0.15, 0.2) is 0 Å². The van der Waals surface area contributed by atoms with Gasteiger partial charge in [0.2, 0.25) is 0 Å². The second-order valence-electron chi connectivity index (χ2n) is 3.73. The molecule has 0 saturated carbocycles. The summed E-state index contributed by atoms with van der Waals surface area (Å²) in [6.45, 7) is 0. The van der Waals surface area contributed by atoms with Crippen molar-refractivity contribution in [3.8, 4) is 11.1 Å². The van der Waals surface area contributed by atoms with Gasteiger partial charge in [-0.2, -0.15) is 5.10 Å². The van der Waals surface area contributed by atoms with Crippen molar-refractivity contribution in [2.24, 2.45) is 7.05 Å². The lowest BCUT2D eigenvalue weighted by Gasteiger charge is -2.01. The lowest BCUT2D eigenvalue weighted by atomic mass is 10.1. The molecule has 2 rings (SSSR count). The summed E-state index contributed by atoms with van der Waals surface area (Å²) < 4.78 is 1.54. The van der Waals surface area contributed by atoms with Crippen molar-refractivity contribution in [2.45, 2.75) is 0 Å². The molecule has 0 bridgehead atoms. The molecule has 7 heteroatoms. The number of nitro benzene ring substituents is 1. The number of rotatable bonds is 3. The van der Waals surface area contributed by atoms with E-state index in [4.69, 9.17) is 5.11 Å². The summed E-state index contributed by atoms with van der Waals surface area (Å²) in [6, 6.07) is 3.73. The molecular weight excluding hydrogens is 238 g/mol. The Bertz CT molecular complexity index is 601. The van der Waals surface area contributed by atoms with Crippen LogP contribution in [0.4, 0.5) is 5.69 Å². The highest BCUT2D eigenvalue weighted by molar-refractivity contribution is 5.90. The predicted molar refractivity (Wildman–Crippen MR) is 62.3 cm³/mol. The lowest BCUT2D eigenvalue weighted by molar-refractivity contribution is -0.384. The largest absolute Gasteiger partial charge is 0.478 e. The Morgan fingerprint density at radius 1 is 1.39 bits per heavy atom. The molecule has 0 atom stereocenters. The van der Waals surface area contributed by atoms with Crippen LogP contribution in [-0.2, 0) is 7.05 Å². The number of hydrogen-bond donors (Lipinski definition) is 1. The molecule has 0 aliphatic rings. The Morgan fingerprint density at radius 3 is 2.61 bits per heavy atom. The number of hydrogen-bond acceptors (Lipinski definition) is 4. The van der Waals surface area contributed by atoms with Gasteiger partial charge >= 0.3 is 5.97 Å². The zero-order valence-corrected chi connectivity index (χ0v) is 9.40. The maximum Gasteiger partial charge on any atom is 0.335 e. The van der Waals surface area contributed by atoms with Crippen molar-refractivity contribution >= 4 is 11.7 Å². The third-order valence-corrected chi connectivity index (χ3v) is 2.41. The smallest absolute Gasteiger partial charge is 0.335 e. The van der Waals surface area contributed by atoms with Gasteiger partial charge in [-0.15, -0.1) is 0 Å². The van der Waals surface area contributed by atoms with E-state index in [1.807, 2.05) is 0 Å². The maximum atomic E-state index is 10.9. The number of carbonyl (C=O) groups is 1. The first-order valence-corrected chi connectivity index (χ1v) is 4.99. The highest BCUT2D eigenvalue weighted by Gasteiger charge is 2.15. The van der Waals surface area contributed by atoms with Gasteiger partial charge in [0, 0.05) is 30.9 Å². The normalized spacial score (nSPS) is 10.3. The van der Waals surface area contributed by atoms with Crippen LogP contribution in [-0.4, -0.2) is 25.8 Å². The van der Waals surface area contributed by atoms with Gasteiger partial charge in [-0.3, -0.25) is 14.8 Å². The average Bonchev–Trinajstić information content (AvgIpc) is 2.75. The molecule has 7 nitrogen and oxygen atoms in total. The fourth-order valence-electron chi connectivity index (χ4n) is 1.58. The van der Waals surface area contributed by atoms with E-state index in [0.29, 0.717) is 11.1 Å². The number of nitrogens with zero attached hydrogens (tertiary/aromatic N) is 3. The molecule has 18 heavy (non-hydrogen) atoms. The lowest BCUT2D eigenvalue weighted by Crippen LogP contribution is -1.99. The molecule has 0 unspecified atom stereocenters. The van der Waals surface area contributed by atoms with E-state index < -0.39 is 10.9 Å². The third-order valence-electron chi connectivity index (χ3n) is 2.41. The second kappa shape index (κ2) is 4.28. The first kappa shape index (κ1) is 11.8. The fraction of sp³-hybridized carbons (Fsp3) is 0.0909. The van der Waals surface area contributed by atoms with E-state index in [9.17, 15) is 14.9 Å². The van der Waals surface area contributed by atoms with Gasteiger partial charge in [-0.05, 0) is 11.6 Å². The molecular formula is C11H9N3O4. The van der Waals surface area contributed by atoms with E-state index in [1.165, 1.54) is 23.0 Å². The number of aromatic carboxylic acids is 1. The summed E-state index contributed by atoms with van der Waals surface area (Å²) in [5.74, 6) is -1.20. The third kappa shape index (κ3) is 2.19. The van der Waals surface area contributed by atoms with Gasteiger partial charge in [0.1, 0.15) is 0 Å². The minimum Gasteiger partial charge on any atom is -0.478 e. The zero-order valence-electron chi connectivity index (χ0n) is 9.40. The van der Waals surface area contributed by atoms with Gasteiger partial charge in [0.25, 0.3) is 5.69 Å². The van der Waals surface area contributed by atoms with Crippen molar-refractivity contribution in [2.75, 3.05) is 0 Å². The van der Waals surface area contributed by atoms with Gasteiger partial charge in [0.05, 0.1) is 16.7 Å². The molecule has 92 valence electrons. The summed E-state index contributed by atoms with van der Waals surface area (Å²) in [7, 11) is 1.71. The van der Waals surface area contributed by atoms with Crippen LogP contribution in [0.2, 0.25) is 0 Å². The van der Waals surface area contributed by atoms with Crippen LogP contribution in [0.3, 0.4) is 0 Å². The van der Waals surface area contributed by atoms with Gasteiger partial charge < -0.3 is 5.11 Å². The van der Waals surface area contributed by atoms with E-state index in [2.05, 4.69) is 5.10 Å². The SMILES string of the molecule is Cn1cc(-c2cc(C(=O)O)cc([N+](=O)[O-])c2)cn1. The quantitative estimate of drug-likeness (QED) is 0.657. The van der Waals surface area contributed by atoms with Crippen molar-refractivity contribution in [1.82, 2.24) is 9.78 Å². The monoisotopic (exact) mass is 247 g/mol. The number of aromatic nitrogens is 2. The first-order chi connectivity index (χ1) is 8.47. The molecule has 0 aliphatic carbocycles. The predicted octanol–water partition coefficient (Wildman–Crippen LogP) is 1.69. The van der Waals surface area contributed by atoms with Crippen LogP contribution >= 0.6 is 0 Å². The van der Waals surface area contributed by atoms with Crippen LogP contribution in [0.5, 0.6) is 0 Å². The number of benzene rings is 1. The average molecular weight is 247 g/mol. The van der Waals surface area contributed by atoms with Crippen LogP contribution in [0.1, 0.15) is 10.4 Å². The van der Waals surface area contributed by atoms with Crippen molar-refractivity contribution < 1.29 is 14.8 Å². The summed E-state index contributed by atoms with van der Waals surface area (Å²) >= 11 is 0. The fourth-order valence-corrected chi connectivity index (χ4v) is 1.58. The summed E-state index contributed by atoms with van der Waals surface area (Å²) in [5, 5.41) is 23.6. The summed E-state index contributed by atoms with van der Waals surface area (Å²) in [5.41, 5.74) is 0.704. The van der Waals surface area contributed by atoms with E-state index in [0.717, 1.165) is 6.07 Å². The molecule has 0 spiro atoms. The van der Waals surface area contributed by atoms with Crippen LogP contribution < -0.4 is 0 Å². The Balaban J connectivity index is 2.60. The Kier molecular flexibility index (Phi) is 2.80. The Labute approximate surface area is 101 Å². The highest BCUT2D eigenvalue weighted by Crippen LogP contribution is 2.25. The number of aryl methyl sites for hydroxylation is 1. The zero-order chi connectivity index (χ0) is 13.3. The second-order valence-corrected chi connectivity index (χ2v) is 3.73. The number of carboxylic acids is 1. The molecule has 1 aromatic heterocycles. The van der Waals surface area contributed by atoms with E-state index >= 15 is 0 Å².